The first-order chi connectivity index (χ1) is 5.99. The van der Waals surface area contributed by atoms with Crippen molar-refractivity contribution < 1.29 is 14.3 Å². The topological polar surface area (TPSA) is 59.0 Å². The minimum absolute atomic E-state index is 0.182. The molecule has 0 atom stereocenters. The van der Waals surface area contributed by atoms with Crippen molar-refractivity contribution in [2.24, 2.45) is 4.99 Å². The van der Waals surface area contributed by atoms with Crippen molar-refractivity contribution in [1.29, 1.82) is 0 Å². The maximum Gasteiger partial charge on any atom is 0.399 e. The maximum atomic E-state index is 11.0. The summed E-state index contributed by atoms with van der Waals surface area (Å²) in [5.74, 6) is -1.31. The highest BCUT2D eigenvalue weighted by Gasteiger charge is 2.13. The van der Waals surface area contributed by atoms with Crippen LogP contribution in [-0.2, 0) is 14.3 Å². The number of esters is 1. The number of hydrogen-bond donors (Lipinski definition) is 0. The minimum atomic E-state index is -0.913. The van der Waals surface area contributed by atoms with E-state index in [1.54, 1.807) is 32.8 Å². The molecule has 0 radical (unpaired) electrons. The van der Waals surface area contributed by atoms with Crippen LogP contribution in [-0.4, -0.2) is 43.3 Å². The fourth-order valence-electron chi connectivity index (χ4n) is 0.485. The lowest BCUT2D eigenvalue weighted by atomic mass is 10.5. The number of amides is 1. The molecule has 0 aromatic heterocycles. The van der Waals surface area contributed by atoms with E-state index in [0.29, 0.717) is 5.84 Å². The molecule has 0 aromatic carbocycles. The van der Waals surface area contributed by atoms with Crippen molar-refractivity contribution in [3.8, 4) is 0 Å². The normalized spacial score (nSPS) is 10.9. The van der Waals surface area contributed by atoms with E-state index in [9.17, 15) is 9.59 Å². The zero-order valence-corrected chi connectivity index (χ0v) is 8.33. The molecule has 0 spiro atoms. The van der Waals surface area contributed by atoms with Gasteiger partial charge in [0.25, 0.3) is 0 Å². The van der Waals surface area contributed by atoms with Crippen molar-refractivity contribution in [2.75, 3.05) is 20.7 Å². The SMILES string of the molecule is CCOC(=O)C(=O)N=C(C)N(C)C. The molecule has 0 bridgehead atoms. The molecule has 0 fully saturated rings. The quantitative estimate of drug-likeness (QED) is 0.251. The van der Waals surface area contributed by atoms with Gasteiger partial charge < -0.3 is 9.64 Å². The Balaban J connectivity index is 4.29. The molecule has 0 aliphatic carbocycles. The van der Waals surface area contributed by atoms with Gasteiger partial charge in [-0.1, -0.05) is 0 Å². The van der Waals surface area contributed by atoms with Crippen LogP contribution in [0.3, 0.4) is 0 Å². The van der Waals surface area contributed by atoms with Crippen LogP contribution in [0.5, 0.6) is 0 Å². The highest BCUT2D eigenvalue weighted by Crippen LogP contribution is 1.87. The Bertz CT molecular complexity index is 234. The molecule has 0 N–H and O–H groups in total. The Morgan fingerprint density at radius 3 is 2.31 bits per heavy atom. The van der Waals surface area contributed by atoms with E-state index in [-0.39, 0.29) is 6.61 Å². The number of hydrogen-bond acceptors (Lipinski definition) is 3. The molecule has 0 saturated heterocycles. The van der Waals surface area contributed by atoms with Gasteiger partial charge in [-0.05, 0) is 13.8 Å². The van der Waals surface area contributed by atoms with Gasteiger partial charge in [-0.2, -0.15) is 4.99 Å². The van der Waals surface area contributed by atoms with Gasteiger partial charge in [0, 0.05) is 14.1 Å². The smallest absolute Gasteiger partial charge is 0.399 e. The van der Waals surface area contributed by atoms with Crippen LogP contribution in [0.15, 0.2) is 4.99 Å². The zero-order chi connectivity index (χ0) is 10.4. The summed E-state index contributed by atoms with van der Waals surface area (Å²) in [6.45, 7) is 3.45. The second-order valence-corrected chi connectivity index (χ2v) is 2.58. The van der Waals surface area contributed by atoms with Crippen molar-refractivity contribution in [3.05, 3.63) is 0 Å². The van der Waals surface area contributed by atoms with E-state index >= 15 is 0 Å². The van der Waals surface area contributed by atoms with Crippen LogP contribution < -0.4 is 0 Å². The van der Waals surface area contributed by atoms with E-state index in [2.05, 4.69) is 9.73 Å². The summed E-state index contributed by atoms with van der Waals surface area (Å²) in [4.78, 5) is 26.9. The average Bonchev–Trinajstić information content (AvgIpc) is 2.04. The van der Waals surface area contributed by atoms with Gasteiger partial charge in [0.2, 0.25) is 0 Å². The minimum Gasteiger partial charge on any atom is -0.459 e. The highest BCUT2D eigenvalue weighted by molar-refractivity contribution is 6.34. The Labute approximate surface area is 77.4 Å². The fourth-order valence-corrected chi connectivity index (χ4v) is 0.485. The lowest BCUT2D eigenvalue weighted by Crippen LogP contribution is -2.23. The number of amidine groups is 1. The molecule has 0 aliphatic rings. The standard InChI is InChI=1S/C8H14N2O3/c1-5-13-8(12)7(11)9-6(2)10(3)4/h5H2,1-4H3. The summed E-state index contributed by atoms with van der Waals surface area (Å²) in [6.07, 6.45) is 0. The third-order valence-electron chi connectivity index (χ3n) is 1.36. The van der Waals surface area contributed by atoms with Crippen LogP contribution in [0.2, 0.25) is 0 Å². The Kier molecular flexibility index (Phi) is 4.72. The Morgan fingerprint density at radius 1 is 1.38 bits per heavy atom. The van der Waals surface area contributed by atoms with Crippen molar-refractivity contribution in [3.63, 3.8) is 0 Å². The van der Waals surface area contributed by atoms with Gasteiger partial charge >= 0.3 is 11.9 Å². The number of nitrogens with zero attached hydrogens (tertiary/aromatic N) is 2. The van der Waals surface area contributed by atoms with Crippen molar-refractivity contribution in [1.82, 2.24) is 4.90 Å². The first kappa shape index (κ1) is 11.6. The first-order valence-electron chi connectivity index (χ1n) is 3.92. The zero-order valence-electron chi connectivity index (χ0n) is 8.33. The molecule has 5 heteroatoms. The van der Waals surface area contributed by atoms with Crippen LogP contribution >= 0.6 is 0 Å². The van der Waals surface area contributed by atoms with Gasteiger partial charge in [-0.25, -0.2) is 4.79 Å². The lowest BCUT2D eigenvalue weighted by Gasteiger charge is -2.09. The van der Waals surface area contributed by atoms with Crippen LogP contribution in [0, 0.1) is 0 Å². The molecule has 0 saturated carbocycles. The summed E-state index contributed by atoms with van der Waals surface area (Å²) in [7, 11) is 3.47. The van der Waals surface area contributed by atoms with Gasteiger partial charge in [0.1, 0.15) is 5.84 Å². The van der Waals surface area contributed by atoms with Crippen LogP contribution in [0.25, 0.3) is 0 Å². The van der Waals surface area contributed by atoms with E-state index in [1.807, 2.05) is 0 Å². The number of carbonyl (C=O) groups is 2. The third kappa shape index (κ3) is 4.25. The highest BCUT2D eigenvalue weighted by atomic mass is 16.5. The summed E-state index contributed by atoms with van der Waals surface area (Å²) in [5, 5.41) is 0. The molecule has 1 amide bonds. The number of aliphatic imine (C=N–C) groups is 1. The maximum absolute atomic E-state index is 11.0. The number of rotatable bonds is 1. The largest absolute Gasteiger partial charge is 0.459 e. The van der Waals surface area contributed by atoms with Crippen LogP contribution in [0.1, 0.15) is 13.8 Å². The third-order valence-corrected chi connectivity index (χ3v) is 1.36. The van der Waals surface area contributed by atoms with Gasteiger partial charge in [-0.3, -0.25) is 4.79 Å². The number of ether oxygens (including phenoxy) is 1. The molecule has 0 unspecified atom stereocenters. The molecule has 74 valence electrons. The fraction of sp³-hybridized carbons (Fsp3) is 0.625. The molecule has 0 aromatic rings. The number of carbonyl (C=O) groups excluding carboxylic acids is 2. The predicted octanol–water partition coefficient (Wildman–Crippen LogP) is 0.0561. The van der Waals surface area contributed by atoms with E-state index in [1.165, 1.54) is 0 Å². The summed E-state index contributed by atoms with van der Waals surface area (Å²) >= 11 is 0. The van der Waals surface area contributed by atoms with Gasteiger partial charge in [0.05, 0.1) is 6.61 Å². The molecule has 5 nitrogen and oxygen atoms in total. The summed E-state index contributed by atoms with van der Waals surface area (Å²) < 4.78 is 4.47. The van der Waals surface area contributed by atoms with E-state index in [0.717, 1.165) is 0 Å². The molecule has 0 rings (SSSR count). The van der Waals surface area contributed by atoms with Crippen molar-refractivity contribution >= 4 is 17.7 Å². The summed E-state index contributed by atoms with van der Waals surface area (Å²) in [5.41, 5.74) is 0. The molecule has 0 heterocycles. The average molecular weight is 186 g/mol. The second kappa shape index (κ2) is 5.29. The van der Waals surface area contributed by atoms with E-state index in [4.69, 9.17) is 0 Å². The Hall–Kier alpha value is -1.39. The first-order valence-corrected chi connectivity index (χ1v) is 3.92. The monoisotopic (exact) mass is 186 g/mol. The Morgan fingerprint density at radius 2 is 1.92 bits per heavy atom. The van der Waals surface area contributed by atoms with E-state index < -0.39 is 11.9 Å². The predicted molar refractivity (Wildman–Crippen MR) is 48.4 cm³/mol. The van der Waals surface area contributed by atoms with Gasteiger partial charge in [0.15, 0.2) is 0 Å². The molecular weight excluding hydrogens is 172 g/mol. The lowest BCUT2D eigenvalue weighted by molar-refractivity contribution is -0.152. The van der Waals surface area contributed by atoms with Crippen LogP contribution in [0.4, 0.5) is 0 Å². The van der Waals surface area contributed by atoms with Gasteiger partial charge in [-0.15, -0.1) is 0 Å². The molecule has 0 aliphatic heterocycles. The molecule has 13 heavy (non-hydrogen) atoms. The summed E-state index contributed by atoms with van der Waals surface area (Å²) in [6, 6.07) is 0. The van der Waals surface area contributed by atoms with Crippen molar-refractivity contribution in [2.45, 2.75) is 13.8 Å². The molecular formula is C8H14N2O3. The second-order valence-electron chi connectivity index (χ2n) is 2.58.